The van der Waals surface area contributed by atoms with Gasteiger partial charge in [-0.05, 0) is 0 Å². The summed E-state index contributed by atoms with van der Waals surface area (Å²) in [5.74, 6) is 0.705. The molecule has 20 heavy (non-hydrogen) atoms. The van der Waals surface area contributed by atoms with Gasteiger partial charge in [0.25, 0.3) is 0 Å². The number of piperidine rings is 1. The number of likely N-dealkylation sites (tertiary alicyclic amines) is 1. The number of hydrogen-bond acceptors (Lipinski definition) is 5. The Morgan fingerprint density at radius 1 is 1.25 bits per heavy atom. The van der Waals surface area contributed by atoms with Crippen LogP contribution in [0.2, 0.25) is 0 Å². The monoisotopic (exact) mass is 275 g/mol. The predicted molar refractivity (Wildman–Crippen MR) is 74.8 cm³/mol. The van der Waals surface area contributed by atoms with E-state index in [9.17, 15) is 0 Å². The van der Waals surface area contributed by atoms with Crippen LogP contribution >= 0.6 is 0 Å². The summed E-state index contributed by atoms with van der Waals surface area (Å²) in [6.07, 6.45) is 9.53. The van der Waals surface area contributed by atoms with Crippen LogP contribution in [0.3, 0.4) is 0 Å². The first kappa shape index (κ1) is 12.3. The van der Waals surface area contributed by atoms with Gasteiger partial charge in [0.2, 0.25) is 12.0 Å². The van der Waals surface area contributed by atoms with Gasteiger partial charge < -0.3 is 14.4 Å². The summed E-state index contributed by atoms with van der Waals surface area (Å²) in [6, 6.07) is 0. The SMILES string of the molecule is C[N+]12C=CN=CC1=C(N1CCC3(CC1)OCCO3)N=C2. The molecule has 4 aliphatic heterocycles. The summed E-state index contributed by atoms with van der Waals surface area (Å²) in [6.45, 7) is 3.26. The Morgan fingerprint density at radius 2 is 2.00 bits per heavy atom. The van der Waals surface area contributed by atoms with Gasteiger partial charge in [0.05, 0.1) is 32.7 Å². The minimum Gasteiger partial charge on any atom is -0.351 e. The molecule has 0 bridgehead atoms. The van der Waals surface area contributed by atoms with Crippen LogP contribution in [0.25, 0.3) is 0 Å². The van der Waals surface area contributed by atoms with E-state index in [0.717, 1.165) is 50.7 Å². The number of ether oxygens (including phenoxy) is 2. The smallest absolute Gasteiger partial charge is 0.204 e. The second-order valence-electron chi connectivity index (χ2n) is 5.77. The van der Waals surface area contributed by atoms with Crippen molar-refractivity contribution in [3.63, 3.8) is 0 Å². The average Bonchev–Trinajstić information content (AvgIpc) is 3.05. The molecule has 0 N–H and O–H groups in total. The van der Waals surface area contributed by atoms with Gasteiger partial charge in [0, 0.05) is 25.9 Å². The zero-order chi connectivity index (χ0) is 13.6. The molecule has 4 aliphatic rings. The van der Waals surface area contributed by atoms with E-state index < -0.39 is 0 Å². The fraction of sp³-hybridized carbons (Fsp3) is 0.571. The third-order valence-corrected chi connectivity index (χ3v) is 4.47. The molecule has 0 amide bonds. The van der Waals surface area contributed by atoms with Crippen LogP contribution in [-0.4, -0.2) is 61.1 Å². The fourth-order valence-corrected chi connectivity index (χ4v) is 3.20. The standard InChI is InChI=1S/C14H19N4O2/c1-18-7-4-15-10-12(18)13(16-11-18)17-5-2-14(3-6-17)19-8-9-20-14/h4,7,10-11H,2-3,5-6,8-9H2,1H3/q+1. The lowest BCUT2D eigenvalue weighted by molar-refractivity contribution is -0.706. The summed E-state index contributed by atoms with van der Waals surface area (Å²) in [7, 11) is 2.11. The van der Waals surface area contributed by atoms with Crippen molar-refractivity contribution in [2.45, 2.75) is 18.6 Å². The lowest BCUT2D eigenvalue weighted by Crippen LogP contribution is -2.45. The Kier molecular flexibility index (Phi) is 2.60. The predicted octanol–water partition coefficient (Wildman–Crippen LogP) is 1.04. The Morgan fingerprint density at radius 3 is 2.75 bits per heavy atom. The number of rotatable bonds is 1. The van der Waals surface area contributed by atoms with Gasteiger partial charge in [-0.1, -0.05) is 0 Å². The Balaban J connectivity index is 1.55. The first-order valence-electron chi connectivity index (χ1n) is 7.11. The van der Waals surface area contributed by atoms with Crippen molar-refractivity contribution in [1.29, 1.82) is 0 Å². The summed E-state index contributed by atoms with van der Waals surface area (Å²) in [4.78, 5) is 11.2. The number of nitrogens with zero attached hydrogens (tertiary/aromatic N) is 4. The molecular formula is C14H19N4O2+. The van der Waals surface area contributed by atoms with E-state index in [0.29, 0.717) is 4.48 Å². The number of fused-ring (bicyclic) bond motifs is 1. The van der Waals surface area contributed by atoms with Crippen molar-refractivity contribution in [1.82, 2.24) is 4.90 Å². The van der Waals surface area contributed by atoms with Crippen LogP contribution in [0.15, 0.2) is 33.9 Å². The van der Waals surface area contributed by atoms with Crippen LogP contribution in [-0.2, 0) is 9.47 Å². The Bertz CT molecular complexity index is 535. The van der Waals surface area contributed by atoms with E-state index in [1.54, 1.807) is 0 Å². The van der Waals surface area contributed by atoms with Gasteiger partial charge in [-0.25, -0.2) is 4.48 Å². The summed E-state index contributed by atoms with van der Waals surface area (Å²) in [5, 5.41) is 0. The quantitative estimate of drug-likeness (QED) is 0.672. The first-order valence-corrected chi connectivity index (χ1v) is 7.11. The topological polar surface area (TPSA) is 46.4 Å². The second kappa shape index (κ2) is 4.25. The first-order chi connectivity index (χ1) is 9.71. The molecule has 0 saturated carbocycles. The summed E-state index contributed by atoms with van der Waals surface area (Å²) in [5.41, 5.74) is 1.14. The minimum absolute atomic E-state index is 0.331. The van der Waals surface area contributed by atoms with Gasteiger partial charge >= 0.3 is 0 Å². The highest BCUT2D eigenvalue weighted by molar-refractivity contribution is 5.83. The molecular weight excluding hydrogens is 256 g/mol. The van der Waals surface area contributed by atoms with Gasteiger partial charge in [0.1, 0.15) is 6.20 Å². The molecule has 2 saturated heterocycles. The van der Waals surface area contributed by atoms with Crippen LogP contribution in [0, 0.1) is 0 Å². The number of hydrogen-bond donors (Lipinski definition) is 0. The Labute approximate surface area is 118 Å². The molecule has 2 fully saturated rings. The Hall–Kier alpha value is -1.50. The van der Waals surface area contributed by atoms with E-state index in [1.165, 1.54) is 0 Å². The normalized spacial score (nSPS) is 34.4. The van der Waals surface area contributed by atoms with Gasteiger partial charge in [-0.3, -0.25) is 4.99 Å². The third kappa shape index (κ3) is 1.76. The van der Waals surface area contributed by atoms with Crippen molar-refractivity contribution in [2.75, 3.05) is 33.4 Å². The zero-order valence-electron chi connectivity index (χ0n) is 11.7. The second-order valence-corrected chi connectivity index (χ2v) is 5.77. The van der Waals surface area contributed by atoms with E-state index in [-0.39, 0.29) is 5.79 Å². The molecule has 4 heterocycles. The lowest BCUT2D eigenvalue weighted by Gasteiger charge is -2.38. The van der Waals surface area contributed by atoms with Crippen LogP contribution in [0.1, 0.15) is 12.8 Å². The molecule has 0 aliphatic carbocycles. The van der Waals surface area contributed by atoms with Crippen molar-refractivity contribution in [2.24, 2.45) is 9.98 Å². The third-order valence-electron chi connectivity index (χ3n) is 4.47. The maximum absolute atomic E-state index is 5.77. The van der Waals surface area contributed by atoms with E-state index >= 15 is 0 Å². The van der Waals surface area contributed by atoms with Crippen LogP contribution in [0.5, 0.6) is 0 Å². The summed E-state index contributed by atoms with van der Waals surface area (Å²) >= 11 is 0. The highest BCUT2D eigenvalue weighted by atomic mass is 16.7. The lowest BCUT2D eigenvalue weighted by atomic mass is 10.0. The molecule has 6 heteroatoms. The highest BCUT2D eigenvalue weighted by Crippen LogP contribution is 2.35. The average molecular weight is 275 g/mol. The molecule has 0 aromatic heterocycles. The van der Waals surface area contributed by atoms with Crippen molar-refractivity contribution >= 4 is 12.6 Å². The molecule has 106 valence electrons. The number of allylic oxidation sites excluding steroid dienone is 1. The molecule has 0 aromatic carbocycles. The number of quaternary nitrogens is 1. The van der Waals surface area contributed by atoms with Crippen molar-refractivity contribution < 1.29 is 14.0 Å². The number of aliphatic imine (C=N–C) groups is 2. The molecule has 1 spiro atoms. The fourth-order valence-electron chi connectivity index (χ4n) is 3.20. The van der Waals surface area contributed by atoms with Gasteiger partial charge in [-0.15, -0.1) is 0 Å². The highest BCUT2D eigenvalue weighted by Gasteiger charge is 2.43. The van der Waals surface area contributed by atoms with Crippen LogP contribution in [0.4, 0.5) is 0 Å². The zero-order valence-corrected chi connectivity index (χ0v) is 11.7. The molecule has 0 aromatic rings. The molecule has 1 atom stereocenters. The van der Waals surface area contributed by atoms with E-state index in [1.807, 2.05) is 25.0 Å². The minimum atomic E-state index is -0.331. The van der Waals surface area contributed by atoms with E-state index in [4.69, 9.17) is 9.47 Å². The van der Waals surface area contributed by atoms with Crippen molar-refractivity contribution in [3.8, 4) is 0 Å². The molecule has 6 nitrogen and oxygen atoms in total. The van der Waals surface area contributed by atoms with Crippen molar-refractivity contribution in [3.05, 3.63) is 23.9 Å². The van der Waals surface area contributed by atoms with E-state index in [2.05, 4.69) is 21.9 Å². The van der Waals surface area contributed by atoms with Gasteiger partial charge in [0.15, 0.2) is 11.6 Å². The van der Waals surface area contributed by atoms with Gasteiger partial charge in [-0.2, -0.15) is 4.99 Å². The summed E-state index contributed by atoms with van der Waals surface area (Å²) < 4.78 is 12.2. The molecule has 4 rings (SSSR count). The maximum atomic E-state index is 5.77. The largest absolute Gasteiger partial charge is 0.351 e. The van der Waals surface area contributed by atoms with Crippen LogP contribution < -0.4 is 0 Å². The maximum Gasteiger partial charge on any atom is 0.204 e. The molecule has 1 unspecified atom stereocenters. The molecule has 0 radical (unpaired) electrons.